The molecular weight excluding hydrogens is 204 g/mol. The number of fused-ring (bicyclic) bond motifs is 1. The molecule has 0 radical (unpaired) electrons. The summed E-state index contributed by atoms with van der Waals surface area (Å²) in [5.74, 6) is 0.375. The van der Waals surface area contributed by atoms with E-state index in [0.29, 0.717) is 12.6 Å². The molecule has 2 amide bonds. The van der Waals surface area contributed by atoms with Gasteiger partial charge in [0.2, 0.25) is 11.8 Å². The Morgan fingerprint density at radius 3 is 2.44 bits per heavy atom. The van der Waals surface area contributed by atoms with Crippen LogP contribution in [0.1, 0.15) is 38.5 Å². The molecule has 0 bridgehead atoms. The van der Waals surface area contributed by atoms with Gasteiger partial charge in [-0.2, -0.15) is 0 Å². The number of hydrogen-bond acceptors (Lipinski definition) is 2. The fourth-order valence-electron chi connectivity index (χ4n) is 3.00. The zero-order valence-corrected chi connectivity index (χ0v) is 9.52. The minimum absolute atomic E-state index is 0.129. The Morgan fingerprint density at radius 1 is 0.938 bits per heavy atom. The molecule has 2 saturated heterocycles. The molecule has 0 aromatic heterocycles. The summed E-state index contributed by atoms with van der Waals surface area (Å²) < 4.78 is 0. The first-order valence-corrected chi connectivity index (χ1v) is 6.37. The highest BCUT2D eigenvalue weighted by molar-refractivity contribution is 5.95. The van der Waals surface area contributed by atoms with Crippen LogP contribution in [0.3, 0.4) is 0 Å². The molecule has 4 heteroatoms. The molecule has 4 nitrogen and oxygen atoms in total. The fraction of sp³-hybridized carbons (Fsp3) is 0.833. The maximum Gasteiger partial charge on any atom is 0.246 e. The number of piperidine rings is 1. The maximum atomic E-state index is 12.3. The van der Waals surface area contributed by atoms with E-state index >= 15 is 0 Å². The Bertz CT molecular complexity index is 321. The smallest absolute Gasteiger partial charge is 0.246 e. The Morgan fingerprint density at radius 2 is 1.75 bits per heavy atom. The van der Waals surface area contributed by atoms with Crippen molar-refractivity contribution >= 4 is 11.8 Å². The molecule has 1 saturated carbocycles. The Kier molecular flexibility index (Phi) is 2.37. The van der Waals surface area contributed by atoms with E-state index in [2.05, 4.69) is 0 Å². The predicted molar refractivity (Wildman–Crippen MR) is 58.7 cm³/mol. The van der Waals surface area contributed by atoms with Crippen molar-refractivity contribution in [2.75, 3.05) is 13.1 Å². The molecule has 0 aromatic rings. The third-order valence-corrected chi connectivity index (χ3v) is 4.21. The molecule has 3 aliphatic rings. The van der Waals surface area contributed by atoms with Crippen molar-refractivity contribution in [1.82, 2.24) is 9.80 Å². The van der Waals surface area contributed by atoms with Gasteiger partial charge >= 0.3 is 0 Å². The van der Waals surface area contributed by atoms with Gasteiger partial charge in [0.25, 0.3) is 0 Å². The predicted octanol–water partition coefficient (Wildman–Crippen LogP) is 0.762. The average molecular weight is 222 g/mol. The van der Waals surface area contributed by atoms with E-state index in [9.17, 15) is 9.59 Å². The van der Waals surface area contributed by atoms with Crippen molar-refractivity contribution in [1.29, 1.82) is 0 Å². The molecule has 3 rings (SSSR count). The van der Waals surface area contributed by atoms with E-state index in [1.807, 2.05) is 4.90 Å². The van der Waals surface area contributed by atoms with Crippen LogP contribution in [-0.4, -0.2) is 46.8 Å². The highest BCUT2D eigenvalue weighted by Crippen LogP contribution is 2.30. The fourth-order valence-corrected chi connectivity index (χ4v) is 3.00. The standard InChI is InChI=1S/C12H18N2O2/c15-11-8-14(9-4-3-5-9)12(16)10-6-1-2-7-13(10)11/h9-10H,1-8H2. The number of carbonyl (C=O) groups excluding carboxylic acids is 2. The third-order valence-electron chi connectivity index (χ3n) is 4.21. The van der Waals surface area contributed by atoms with Crippen molar-refractivity contribution in [2.45, 2.75) is 50.6 Å². The summed E-state index contributed by atoms with van der Waals surface area (Å²) in [7, 11) is 0. The number of hydrogen-bond donors (Lipinski definition) is 0. The number of amides is 2. The monoisotopic (exact) mass is 222 g/mol. The minimum Gasteiger partial charge on any atom is -0.329 e. The summed E-state index contributed by atoms with van der Waals surface area (Å²) in [5, 5.41) is 0. The lowest BCUT2D eigenvalue weighted by Crippen LogP contribution is -2.64. The van der Waals surface area contributed by atoms with Gasteiger partial charge in [-0.1, -0.05) is 0 Å². The van der Waals surface area contributed by atoms with Crippen LogP contribution >= 0.6 is 0 Å². The van der Waals surface area contributed by atoms with Gasteiger partial charge in [0.15, 0.2) is 0 Å². The van der Waals surface area contributed by atoms with Gasteiger partial charge in [0, 0.05) is 12.6 Å². The first-order valence-electron chi connectivity index (χ1n) is 6.37. The van der Waals surface area contributed by atoms with Crippen molar-refractivity contribution in [2.24, 2.45) is 0 Å². The van der Waals surface area contributed by atoms with Crippen LogP contribution in [0.15, 0.2) is 0 Å². The van der Waals surface area contributed by atoms with E-state index in [4.69, 9.17) is 0 Å². The summed E-state index contributed by atoms with van der Waals surface area (Å²) >= 11 is 0. The van der Waals surface area contributed by atoms with Gasteiger partial charge in [0.05, 0.1) is 0 Å². The summed E-state index contributed by atoms with van der Waals surface area (Å²) in [6.07, 6.45) is 6.39. The highest BCUT2D eigenvalue weighted by atomic mass is 16.2. The zero-order chi connectivity index (χ0) is 11.1. The van der Waals surface area contributed by atoms with Crippen LogP contribution in [0, 0.1) is 0 Å². The Balaban J connectivity index is 1.79. The maximum absolute atomic E-state index is 12.3. The van der Waals surface area contributed by atoms with Gasteiger partial charge in [-0.3, -0.25) is 9.59 Å². The van der Waals surface area contributed by atoms with Crippen molar-refractivity contribution in [3.05, 3.63) is 0 Å². The number of piperazine rings is 1. The molecule has 3 fully saturated rings. The van der Waals surface area contributed by atoms with Crippen LogP contribution < -0.4 is 0 Å². The SMILES string of the molecule is O=C1C2CCCCN2C(=O)CN1C1CCC1. The molecule has 0 spiro atoms. The second-order valence-electron chi connectivity index (χ2n) is 5.15. The molecule has 16 heavy (non-hydrogen) atoms. The number of rotatable bonds is 1. The van der Waals surface area contributed by atoms with Crippen LogP contribution in [0.4, 0.5) is 0 Å². The van der Waals surface area contributed by atoms with Crippen LogP contribution in [0.25, 0.3) is 0 Å². The van der Waals surface area contributed by atoms with Gasteiger partial charge in [0.1, 0.15) is 12.6 Å². The molecule has 88 valence electrons. The normalized spacial score (nSPS) is 31.4. The Hall–Kier alpha value is -1.06. The molecule has 1 unspecified atom stereocenters. The summed E-state index contributed by atoms with van der Waals surface area (Å²) in [4.78, 5) is 27.9. The lowest BCUT2D eigenvalue weighted by molar-refractivity contribution is -0.161. The number of nitrogens with zero attached hydrogens (tertiary/aromatic N) is 2. The highest BCUT2D eigenvalue weighted by Gasteiger charge is 2.43. The third kappa shape index (κ3) is 1.43. The van der Waals surface area contributed by atoms with Gasteiger partial charge in [-0.25, -0.2) is 0 Å². The lowest BCUT2D eigenvalue weighted by atomic mass is 9.89. The second kappa shape index (κ2) is 3.75. The molecule has 0 N–H and O–H groups in total. The minimum atomic E-state index is -0.129. The number of carbonyl (C=O) groups is 2. The van der Waals surface area contributed by atoms with E-state index < -0.39 is 0 Å². The van der Waals surface area contributed by atoms with E-state index in [1.165, 1.54) is 6.42 Å². The van der Waals surface area contributed by atoms with Crippen molar-refractivity contribution in [3.8, 4) is 0 Å². The Labute approximate surface area is 95.6 Å². The first-order chi connectivity index (χ1) is 7.77. The molecule has 2 aliphatic heterocycles. The summed E-state index contributed by atoms with van der Waals surface area (Å²) in [5.41, 5.74) is 0. The van der Waals surface area contributed by atoms with Gasteiger partial charge in [-0.15, -0.1) is 0 Å². The molecule has 0 aromatic carbocycles. The second-order valence-corrected chi connectivity index (χ2v) is 5.15. The van der Waals surface area contributed by atoms with Crippen LogP contribution in [0.2, 0.25) is 0 Å². The van der Waals surface area contributed by atoms with Crippen LogP contribution in [0.5, 0.6) is 0 Å². The summed E-state index contributed by atoms with van der Waals surface area (Å²) in [6.45, 7) is 1.12. The van der Waals surface area contributed by atoms with Crippen molar-refractivity contribution < 1.29 is 9.59 Å². The molecule has 1 atom stereocenters. The van der Waals surface area contributed by atoms with Gasteiger partial charge in [-0.05, 0) is 38.5 Å². The molecular formula is C12H18N2O2. The topological polar surface area (TPSA) is 40.6 Å². The van der Waals surface area contributed by atoms with Crippen LogP contribution in [-0.2, 0) is 9.59 Å². The average Bonchev–Trinajstić information content (AvgIpc) is 2.23. The first kappa shape index (κ1) is 10.1. The molecule has 1 aliphatic carbocycles. The van der Waals surface area contributed by atoms with E-state index in [1.54, 1.807) is 4.90 Å². The lowest BCUT2D eigenvalue weighted by Gasteiger charge is -2.47. The quantitative estimate of drug-likeness (QED) is 0.657. The summed E-state index contributed by atoms with van der Waals surface area (Å²) in [6, 6.07) is 0.233. The van der Waals surface area contributed by atoms with Crippen molar-refractivity contribution in [3.63, 3.8) is 0 Å². The van der Waals surface area contributed by atoms with E-state index in [-0.39, 0.29) is 17.9 Å². The molecule has 2 heterocycles. The van der Waals surface area contributed by atoms with Gasteiger partial charge < -0.3 is 9.80 Å². The largest absolute Gasteiger partial charge is 0.329 e. The zero-order valence-electron chi connectivity index (χ0n) is 9.52. The van der Waals surface area contributed by atoms with E-state index in [0.717, 1.165) is 38.6 Å².